The molecular formula is C27H38O4. The summed E-state index contributed by atoms with van der Waals surface area (Å²) in [6.45, 7) is 6.64. The van der Waals surface area contributed by atoms with E-state index in [0.29, 0.717) is 18.1 Å². The zero-order valence-electron chi connectivity index (χ0n) is 19.4. The van der Waals surface area contributed by atoms with Gasteiger partial charge in [0.05, 0.1) is 6.61 Å². The second-order valence-electron chi connectivity index (χ2n) is 8.27. The third-order valence-electron chi connectivity index (χ3n) is 5.58. The van der Waals surface area contributed by atoms with Crippen LogP contribution in [0.3, 0.4) is 0 Å². The van der Waals surface area contributed by atoms with Crippen LogP contribution >= 0.6 is 0 Å². The van der Waals surface area contributed by atoms with E-state index in [0.717, 1.165) is 29.7 Å². The van der Waals surface area contributed by atoms with Crippen LogP contribution in [0.15, 0.2) is 36.4 Å². The SMILES string of the molecule is CCCCCCCCCCCCOc1c(C)cc(C(=O)O)c(Oc2ccccc2)c1C. The highest BCUT2D eigenvalue weighted by Gasteiger charge is 2.20. The normalized spacial score (nSPS) is 10.8. The fourth-order valence-corrected chi connectivity index (χ4v) is 3.83. The van der Waals surface area contributed by atoms with E-state index < -0.39 is 5.97 Å². The maximum Gasteiger partial charge on any atom is 0.339 e. The van der Waals surface area contributed by atoms with Gasteiger partial charge in [0.2, 0.25) is 0 Å². The minimum atomic E-state index is -1.00. The minimum absolute atomic E-state index is 0.158. The Hall–Kier alpha value is -2.49. The van der Waals surface area contributed by atoms with E-state index in [4.69, 9.17) is 9.47 Å². The maximum atomic E-state index is 11.8. The molecule has 31 heavy (non-hydrogen) atoms. The topological polar surface area (TPSA) is 55.8 Å². The summed E-state index contributed by atoms with van der Waals surface area (Å²) in [7, 11) is 0. The molecule has 4 heteroatoms. The van der Waals surface area contributed by atoms with Crippen molar-refractivity contribution in [1.29, 1.82) is 0 Å². The molecule has 0 heterocycles. The van der Waals surface area contributed by atoms with Crippen LogP contribution < -0.4 is 9.47 Å². The van der Waals surface area contributed by atoms with Gasteiger partial charge in [-0.1, -0.05) is 82.9 Å². The molecule has 0 atom stereocenters. The lowest BCUT2D eigenvalue weighted by Crippen LogP contribution is -2.07. The first kappa shape index (κ1) is 24.8. The van der Waals surface area contributed by atoms with Crippen LogP contribution in [-0.4, -0.2) is 17.7 Å². The number of aryl methyl sites for hydroxylation is 1. The van der Waals surface area contributed by atoms with Gasteiger partial charge in [-0.05, 0) is 44.0 Å². The first-order chi connectivity index (χ1) is 15.0. The third-order valence-corrected chi connectivity index (χ3v) is 5.58. The quantitative estimate of drug-likeness (QED) is 0.292. The van der Waals surface area contributed by atoms with Gasteiger partial charge in [0.1, 0.15) is 22.8 Å². The average Bonchev–Trinajstić information content (AvgIpc) is 2.76. The van der Waals surface area contributed by atoms with E-state index in [1.54, 1.807) is 6.07 Å². The lowest BCUT2D eigenvalue weighted by Gasteiger charge is -2.18. The molecule has 0 aliphatic heterocycles. The Morgan fingerprint density at radius 2 is 1.42 bits per heavy atom. The lowest BCUT2D eigenvalue weighted by molar-refractivity contribution is 0.0693. The van der Waals surface area contributed by atoms with Gasteiger partial charge in [-0.15, -0.1) is 0 Å². The summed E-state index contributed by atoms with van der Waals surface area (Å²) < 4.78 is 12.0. The molecule has 0 spiro atoms. The van der Waals surface area contributed by atoms with E-state index in [1.165, 1.54) is 51.4 Å². The van der Waals surface area contributed by atoms with Crippen LogP contribution in [-0.2, 0) is 0 Å². The van der Waals surface area contributed by atoms with Crippen molar-refractivity contribution in [3.05, 3.63) is 53.1 Å². The van der Waals surface area contributed by atoms with Gasteiger partial charge in [-0.25, -0.2) is 4.79 Å². The molecular weight excluding hydrogens is 388 g/mol. The number of benzene rings is 2. The first-order valence-corrected chi connectivity index (χ1v) is 11.8. The van der Waals surface area contributed by atoms with Crippen LogP contribution in [0.4, 0.5) is 0 Å². The van der Waals surface area contributed by atoms with Gasteiger partial charge in [0, 0.05) is 5.56 Å². The predicted octanol–water partition coefficient (Wildman–Crippen LogP) is 8.09. The predicted molar refractivity (Wildman–Crippen MR) is 127 cm³/mol. The highest BCUT2D eigenvalue weighted by atomic mass is 16.5. The minimum Gasteiger partial charge on any atom is -0.493 e. The summed E-state index contributed by atoms with van der Waals surface area (Å²) in [6.07, 6.45) is 12.8. The average molecular weight is 427 g/mol. The zero-order valence-corrected chi connectivity index (χ0v) is 19.4. The van der Waals surface area contributed by atoms with Gasteiger partial charge in [0.15, 0.2) is 0 Å². The Kier molecular flexibility index (Phi) is 11.0. The molecule has 0 bridgehead atoms. The molecule has 0 unspecified atom stereocenters. The van der Waals surface area contributed by atoms with Crippen LogP contribution in [0, 0.1) is 13.8 Å². The van der Waals surface area contributed by atoms with Crippen molar-refractivity contribution in [3.63, 3.8) is 0 Å². The van der Waals surface area contributed by atoms with Crippen molar-refractivity contribution < 1.29 is 19.4 Å². The Bertz CT molecular complexity index is 799. The fourth-order valence-electron chi connectivity index (χ4n) is 3.83. The van der Waals surface area contributed by atoms with Crippen LogP contribution in [0.5, 0.6) is 17.2 Å². The number of carbonyl (C=O) groups is 1. The standard InChI is InChI=1S/C27H38O4/c1-4-5-6-7-8-9-10-11-12-16-19-30-25-21(2)20-24(27(28)29)26(22(25)3)31-23-17-14-13-15-18-23/h13-15,17-18,20H,4-12,16,19H2,1-3H3,(H,28,29). The Balaban J connectivity index is 1.87. The van der Waals surface area contributed by atoms with Gasteiger partial charge < -0.3 is 14.6 Å². The number of unbranched alkanes of at least 4 members (excludes halogenated alkanes) is 9. The smallest absolute Gasteiger partial charge is 0.339 e. The Labute approximate surface area is 187 Å². The van der Waals surface area contributed by atoms with Crippen LogP contribution in [0.25, 0.3) is 0 Å². The van der Waals surface area contributed by atoms with Crippen molar-refractivity contribution in [2.45, 2.75) is 85.0 Å². The number of ether oxygens (including phenoxy) is 2. The molecule has 4 nitrogen and oxygen atoms in total. The van der Waals surface area contributed by atoms with E-state index in [9.17, 15) is 9.90 Å². The van der Waals surface area contributed by atoms with E-state index in [2.05, 4.69) is 6.92 Å². The molecule has 170 valence electrons. The molecule has 0 amide bonds. The number of carboxylic acids is 1. The van der Waals surface area contributed by atoms with E-state index >= 15 is 0 Å². The van der Waals surface area contributed by atoms with Crippen LogP contribution in [0.1, 0.15) is 92.6 Å². The van der Waals surface area contributed by atoms with E-state index in [-0.39, 0.29) is 5.56 Å². The van der Waals surface area contributed by atoms with Crippen molar-refractivity contribution in [1.82, 2.24) is 0 Å². The number of carboxylic acid groups (broad SMARTS) is 1. The maximum absolute atomic E-state index is 11.8. The number of para-hydroxylation sites is 1. The summed E-state index contributed by atoms with van der Waals surface area (Å²) in [4.78, 5) is 11.8. The molecule has 2 aromatic carbocycles. The molecule has 2 rings (SSSR count). The summed E-state index contributed by atoms with van der Waals surface area (Å²) in [6, 6.07) is 10.9. The van der Waals surface area contributed by atoms with Gasteiger partial charge in [0.25, 0.3) is 0 Å². The third kappa shape index (κ3) is 8.28. The summed E-state index contributed by atoms with van der Waals surface area (Å²) >= 11 is 0. The van der Waals surface area contributed by atoms with Crippen LogP contribution in [0.2, 0.25) is 0 Å². The molecule has 1 N–H and O–H groups in total. The van der Waals surface area contributed by atoms with Gasteiger partial charge in [-0.2, -0.15) is 0 Å². The Morgan fingerprint density at radius 3 is 2.00 bits per heavy atom. The summed E-state index contributed by atoms with van der Waals surface area (Å²) in [5.41, 5.74) is 1.71. The fraction of sp³-hybridized carbons (Fsp3) is 0.519. The van der Waals surface area contributed by atoms with E-state index in [1.807, 2.05) is 44.2 Å². The number of hydrogen-bond donors (Lipinski definition) is 1. The molecule has 0 radical (unpaired) electrons. The monoisotopic (exact) mass is 426 g/mol. The molecule has 0 aromatic heterocycles. The largest absolute Gasteiger partial charge is 0.493 e. The van der Waals surface area contributed by atoms with Crippen molar-refractivity contribution >= 4 is 5.97 Å². The lowest BCUT2D eigenvalue weighted by atomic mass is 10.0. The molecule has 0 saturated heterocycles. The molecule has 0 fully saturated rings. The van der Waals surface area contributed by atoms with Crippen molar-refractivity contribution in [3.8, 4) is 17.2 Å². The molecule has 0 saturated carbocycles. The van der Waals surface area contributed by atoms with Crippen molar-refractivity contribution in [2.75, 3.05) is 6.61 Å². The molecule has 0 aliphatic carbocycles. The highest BCUT2D eigenvalue weighted by Crippen LogP contribution is 2.37. The van der Waals surface area contributed by atoms with Crippen molar-refractivity contribution in [2.24, 2.45) is 0 Å². The summed E-state index contributed by atoms with van der Waals surface area (Å²) in [5, 5.41) is 9.64. The summed E-state index contributed by atoms with van der Waals surface area (Å²) in [5.74, 6) is 0.685. The van der Waals surface area contributed by atoms with Gasteiger partial charge >= 0.3 is 5.97 Å². The second-order valence-corrected chi connectivity index (χ2v) is 8.27. The number of rotatable bonds is 15. The second kappa shape index (κ2) is 13.7. The number of hydrogen-bond acceptors (Lipinski definition) is 3. The first-order valence-electron chi connectivity index (χ1n) is 11.8. The highest BCUT2D eigenvalue weighted by molar-refractivity contribution is 5.92. The molecule has 0 aliphatic rings. The zero-order chi connectivity index (χ0) is 22.5. The Morgan fingerprint density at radius 1 is 0.839 bits per heavy atom. The number of aromatic carboxylic acids is 1. The molecule has 2 aromatic rings. The van der Waals surface area contributed by atoms with Gasteiger partial charge in [-0.3, -0.25) is 0 Å².